The highest BCUT2D eigenvalue weighted by Gasteiger charge is 2.23. The Morgan fingerprint density at radius 3 is 2.46 bits per heavy atom. The van der Waals surface area contributed by atoms with Gasteiger partial charge in [0.1, 0.15) is 5.75 Å². The van der Waals surface area contributed by atoms with Crippen LogP contribution in [0.2, 0.25) is 0 Å². The molecule has 4 nitrogen and oxygen atoms in total. The number of methoxy groups -OCH3 is 1. The van der Waals surface area contributed by atoms with Gasteiger partial charge < -0.3 is 19.5 Å². The number of hydrogen-bond donors (Lipinski definition) is 1. The van der Waals surface area contributed by atoms with Crippen LogP contribution < -0.4 is 4.74 Å². The molecular formula is C22H33N3O. The first kappa shape index (κ1) is 17.9. The quantitative estimate of drug-likeness (QED) is 0.841. The van der Waals surface area contributed by atoms with E-state index in [2.05, 4.69) is 39.2 Å². The first-order valence-corrected chi connectivity index (χ1v) is 10.4. The van der Waals surface area contributed by atoms with Crippen LogP contribution in [-0.4, -0.2) is 61.2 Å². The molecule has 2 saturated heterocycles. The van der Waals surface area contributed by atoms with Crippen molar-refractivity contribution in [2.45, 2.75) is 44.4 Å². The molecule has 1 aromatic heterocycles. The molecule has 0 amide bonds. The lowest BCUT2D eigenvalue weighted by Gasteiger charge is -2.33. The number of fused-ring (bicyclic) bond motifs is 1. The molecule has 3 heterocycles. The lowest BCUT2D eigenvalue weighted by atomic mass is 9.89. The summed E-state index contributed by atoms with van der Waals surface area (Å²) < 4.78 is 5.34. The second-order valence-electron chi connectivity index (χ2n) is 8.03. The average molecular weight is 356 g/mol. The number of hydrogen-bond acceptors (Lipinski definition) is 3. The van der Waals surface area contributed by atoms with Crippen molar-refractivity contribution in [2.24, 2.45) is 0 Å². The highest BCUT2D eigenvalue weighted by atomic mass is 16.5. The van der Waals surface area contributed by atoms with Crippen LogP contribution in [-0.2, 0) is 0 Å². The number of rotatable bonds is 6. The lowest BCUT2D eigenvalue weighted by Crippen LogP contribution is -2.36. The number of ether oxygens (including phenoxy) is 1. The van der Waals surface area contributed by atoms with Crippen LogP contribution in [0.3, 0.4) is 0 Å². The summed E-state index contributed by atoms with van der Waals surface area (Å²) >= 11 is 0. The number of nitrogens with zero attached hydrogens (tertiary/aromatic N) is 2. The van der Waals surface area contributed by atoms with Gasteiger partial charge in [0.05, 0.1) is 7.11 Å². The van der Waals surface area contributed by atoms with Crippen molar-refractivity contribution in [1.29, 1.82) is 0 Å². The van der Waals surface area contributed by atoms with E-state index in [1.807, 2.05) is 0 Å². The van der Waals surface area contributed by atoms with Crippen molar-refractivity contribution >= 4 is 10.9 Å². The van der Waals surface area contributed by atoms with Crippen LogP contribution in [0.4, 0.5) is 0 Å². The molecule has 1 aromatic carbocycles. The van der Waals surface area contributed by atoms with Crippen molar-refractivity contribution in [2.75, 3.05) is 46.4 Å². The molecule has 0 unspecified atom stereocenters. The Kier molecular flexibility index (Phi) is 5.81. The van der Waals surface area contributed by atoms with Gasteiger partial charge in [-0.3, -0.25) is 0 Å². The van der Waals surface area contributed by atoms with E-state index in [0.29, 0.717) is 5.92 Å². The molecule has 0 spiro atoms. The van der Waals surface area contributed by atoms with Gasteiger partial charge in [-0.05, 0) is 95.0 Å². The van der Waals surface area contributed by atoms with Crippen molar-refractivity contribution < 1.29 is 4.74 Å². The highest BCUT2D eigenvalue weighted by molar-refractivity contribution is 5.85. The summed E-state index contributed by atoms with van der Waals surface area (Å²) in [5.41, 5.74) is 2.69. The Balaban J connectivity index is 1.27. The van der Waals surface area contributed by atoms with E-state index in [-0.39, 0.29) is 0 Å². The second kappa shape index (κ2) is 8.45. The Labute approximate surface area is 157 Å². The molecule has 2 fully saturated rings. The summed E-state index contributed by atoms with van der Waals surface area (Å²) in [4.78, 5) is 8.78. The molecule has 2 aromatic rings. The van der Waals surface area contributed by atoms with Crippen LogP contribution >= 0.6 is 0 Å². The minimum atomic E-state index is 0.690. The zero-order valence-corrected chi connectivity index (χ0v) is 16.2. The molecule has 26 heavy (non-hydrogen) atoms. The largest absolute Gasteiger partial charge is 0.497 e. The summed E-state index contributed by atoms with van der Waals surface area (Å²) in [6.07, 6.45) is 10.4. The standard InChI is InChI=1S/C22H33N3O/c1-26-19-6-7-20-21(17-23-22(20)16-19)18-8-14-25(15-9-18)13-5-12-24-10-3-2-4-11-24/h6-7,16-18,23H,2-5,8-15H2,1H3. The fourth-order valence-electron chi connectivity index (χ4n) is 4.76. The van der Waals surface area contributed by atoms with E-state index in [4.69, 9.17) is 4.74 Å². The van der Waals surface area contributed by atoms with Crippen molar-refractivity contribution in [3.8, 4) is 5.75 Å². The van der Waals surface area contributed by atoms with Crippen LogP contribution in [0, 0.1) is 0 Å². The maximum atomic E-state index is 5.34. The summed E-state index contributed by atoms with van der Waals surface area (Å²) in [6.45, 7) is 7.71. The lowest BCUT2D eigenvalue weighted by molar-refractivity contribution is 0.181. The van der Waals surface area contributed by atoms with Gasteiger partial charge in [0.25, 0.3) is 0 Å². The third-order valence-electron chi connectivity index (χ3n) is 6.35. The normalized spacial score (nSPS) is 20.7. The summed E-state index contributed by atoms with van der Waals surface area (Å²) in [7, 11) is 1.73. The van der Waals surface area contributed by atoms with E-state index in [9.17, 15) is 0 Å². The van der Waals surface area contributed by atoms with Crippen molar-refractivity contribution in [3.05, 3.63) is 30.0 Å². The molecule has 0 bridgehead atoms. The molecule has 4 rings (SSSR count). The van der Waals surface area contributed by atoms with Gasteiger partial charge in [0.2, 0.25) is 0 Å². The molecule has 0 atom stereocenters. The van der Waals surface area contributed by atoms with E-state index in [0.717, 1.165) is 5.75 Å². The Morgan fingerprint density at radius 2 is 1.73 bits per heavy atom. The minimum Gasteiger partial charge on any atom is -0.497 e. The fourth-order valence-corrected chi connectivity index (χ4v) is 4.76. The number of likely N-dealkylation sites (tertiary alicyclic amines) is 2. The SMILES string of the molecule is COc1ccc2c(C3CCN(CCCN4CCCCC4)CC3)c[nH]c2c1. The van der Waals surface area contributed by atoms with Gasteiger partial charge in [-0.1, -0.05) is 6.42 Å². The first-order valence-electron chi connectivity index (χ1n) is 10.4. The smallest absolute Gasteiger partial charge is 0.120 e. The molecule has 4 heteroatoms. The number of aromatic nitrogens is 1. The van der Waals surface area contributed by atoms with Gasteiger partial charge in [-0.15, -0.1) is 0 Å². The van der Waals surface area contributed by atoms with Gasteiger partial charge in [-0.25, -0.2) is 0 Å². The molecular weight excluding hydrogens is 322 g/mol. The summed E-state index contributed by atoms with van der Waals surface area (Å²) in [5, 5.41) is 1.37. The maximum absolute atomic E-state index is 5.34. The number of nitrogens with one attached hydrogen (secondary N) is 1. The third-order valence-corrected chi connectivity index (χ3v) is 6.35. The van der Waals surface area contributed by atoms with E-state index < -0.39 is 0 Å². The number of H-pyrrole nitrogens is 1. The molecule has 2 aliphatic heterocycles. The van der Waals surface area contributed by atoms with Crippen LogP contribution in [0.5, 0.6) is 5.75 Å². The molecule has 0 radical (unpaired) electrons. The average Bonchev–Trinajstić information content (AvgIpc) is 3.12. The Hall–Kier alpha value is -1.52. The monoisotopic (exact) mass is 355 g/mol. The van der Waals surface area contributed by atoms with Crippen molar-refractivity contribution in [1.82, 2.24) is 14.8 Å². The Morgan fingerprint density at radius 1 is 1.00 bits per heavy atom. The summed E-state index contributed by atoms with van der Waals surface area (Å²) in [6, 6.07) is 6.40. The first-order chi connectivity index (χ1) is 12.8. The predicted molar refractivity (Wildman–Crippen MR) is 108 cm³/mol. The topological polar surface area (TPSA) is 31.5 Å². The van der Waals surface area contributed by atoms with Crippen LogP contribution in [0.15, 0.2) is 24.4 Å². The number of piperidine rings is 2. The van der Waals surface area contributed by atoms with E-state index in [1.165, 1.54) is 94.3 Å². The Bertz CT molecular complexity index is 696. The molecule has 1 N–H and O–H groups in total. The third kappa shape index (κ3) is 4.07. The molecule has 2 aliphatic rings. The zero-order chi connectivity index (χ0) is 17.8. The minimum absolute atomic E-state index is 0.690. The summed E-state index contributed by atoms with van der Waals surface area (Å²) in [5.74, 6) is 1.62. The zero-order valence-electron chi connectivity index (χ0n) is 16.2. The highest BCUT2D eigenvalue weighted by Crippen LogP contribution is 2.34. The van der Waals surface area contributed by atoms with Crippen molar-refractivity contribution in [3.63, 3.8) is 0 Å². The number of benzene rings is 1. The second-order valence-corrected chi connectivity index (χ2v) is 8.03. The maximum Gasteiger partial charge on any atom is 0.120 e. The van der Waals surface area contributed by atoms with E-state index in [1.54, 1.807) is 7.11 Å². The van der Waals surface area contributed by atoms with E-state index >= 15 is 0 Å². The molecule has 0 saturated carbocycles. The van der Waals surface area contributed by atoms with Crippen LogP contribution in [0.25, 0.3) is 10.9 Å². The number of aromatic amines is 1. The molecule has 0 aliphatic carbocycles. The van der Waals surface area contributed by atoms with Gasteiger partial charge in [0, 0.05) is 23.2 Å². The van der Waals surface area contributed by atoms with Crippen LogP contribution in [0.1, 0.15) is 50.0 Å². The molecule has 142 valence electrons. The van der Waals surface area contributed by atoms with Gasteiger partial charge in [0.15, 0.2) is 0 Å². The van der Waals surface area contributed by atoms with Gasteiger partial charge >= 0.3 is 0 Å². The predicted octanol–water partition coefficient (Wildman–Crippen LogP) is 4.23. The van der Waals surface area contributed by atoms with Gasteiger partial charge in [-0.2, -0.15) is 0 Å². The fraction of sp³-hybridized carbons (Fsp3) is 0.636.